The molecule has 0 radical (unpaired) electrons. The highest BCUT2D eigenvalue weighted by atomic mass is 19.1. The van der Waals surface area contributed by atoms with E-state index in [0.717, 1.165) is 23.5 Å². The SMILES string of the molecule is CN1C(c2ccc(F)cc2)=Nc2ccccc2CC1c1ccncc1. The number of benzene rings is 2. The van der Waals surface area contributed by atoms with Crippen molar-refractivity contribution in [2.24, 2.45) is 4.99 Å². The number of aliphatic imine (C=N–C) groups is 1. The fourth-order valence-electron chi connectivity index (χ4n) is 3.27. The Labute approximate surface area is 146 Å². The third kappa shape index (κ3) is 3.03. The van der Waals surface area contributed by atoms with E-state index in [1.165, 1.54) is 23.3 Å². The average Bonchev–Trinajstić information content (AvgIpc) is 2.80. The average molecular weight is 331 g/mol. The highest BCUT2D eigenvalue weighted by Crippen LogP contribution is 2.34. The molecule has 1 atom stereocenters. The van der Waals surface area contributed by atoms with E-state index >= 15 is 0 Å². The van der Waals surface area contributed by atoms with Gasteiger partial charge in [-0.2, -0.15) is 0 Å². The second-order valence-corrected chi connectivity index (χ2v) is 6.18. The van der Waals surface area contributed by atoms with Crippen molar-refractivity contribution < 1.29 is 4.39 Å². The van der Waals surface area contributed by atoms with Gasteiger partial charge in [0, 0.05) is 25.0 Å². The molecule has 0 spiro atoms. The lowest BCUT2D eigenvalue weighted by Gasteiger charge is -2.30. The fraction of sp³-hybridized carbons (Fsp3) is 0.143. The number of hydrogen-bond acceptors (Lipinski definition) is 3. The number of aromatic nitrogens is 1. The lowest BCUT2D eigenvalue weighted by Crippen LogP contribution is -2.32. The summed E-state index contributed by atoms with van der Waals surface area (Å²) in [6, 6.07) is 18.9. The van der Waals surface area contributed by atoms with E-state index in [9.17, 15) is 4.39 Å². The Bertz CT molecular complexity index is 904. The number of para-hydroxylation sites is 1. The van der Waals surface area contributed by atoms with Crippen LogP contribution in [0.25, 0.3) is 0 Å². The minimum atomic E-state index is -0.244. The summed E-state index contributed by atoms with van der Waals surface area (Å²) in [4.78, 5) is 11.2. The Morgan fingerprint density at radius 2 is 1.68 bits per heavy atom. The van der Waals surface area contributed by atoms with Crippen LogP contribution < -0.4 is 0 Å². The van der Waals surface area contributed by atoms with Gasteiger partial charge in [0.05, 0.1) is 11.7 Å². The molecule has 0 fully saturated rings. The zero-order valence-electron chi connectivity index (χ0n) is 13.9. The van der Waals surface area contributed by atoms with E-state index in [0.29, 0.717) is 0 Å². The van der Waals surface area contributed by atoms with Crippen LogP contribution >= 0.6 is 0 Å². The Morgan fingerprint density at radius 3 is 2.44 bits per heavy atom. The summed E-state index contributed by atoms with van der Waals surface area (Å²) >= 11 is 0. The maximum atomic E-state index is 13.4. The number of likely N-dealkylation sites (N-methyl/N-ethyl adjacent to an activating group) is 1. The first-order valence-electron chi connectivity index (χ1n) is 8.27. The molecule has 25 heavy (non-hydrogen) atoms. The standard InChI is InChI=1S/C21H18FN3/c1-25-20(15-10-12-23-13-11-15)14-17-4-2-3-5-19(17)24-21(25)16-6-8-18(22)9-7-16/h2-13,20H,14H2,1H3. The van der Waals surface area contributed by atoms with Gasteiger partial charge in [-0.3, -0.25) is 4.98 Å². The molecule has 4 rings (SSSR count). The van der Waals surface area contributed by atoms with Crippen LogP contribution in [-0.4, -0.2) is 22.8 Å². The molecule has 1 unspecified atom stereocenters. The molecule has 0 saturated carbocycles. The summed E-state index contributed by atoms with van der Waals surface area (Å²) < 4.78 is 13.4. The first-order valence-corrected chi connectivity index (χ1v) is 8.27. The Hall–Kier alpha value is -3.01. The molecule has 4 heteroatoms. The number of nitrogens with zero attached hydrogens (tertiary/aromatic N) is 3. The van der Waals surface area contributed by atoms with Gasteiger partial charge < -0.3 is 4.90 Å². The van der Waals surface area contributed by atoms with Gasteiger partial charge in [-0.25, -0.2) is 9.38 Å². The predicted octanol–water partition coefficient (Wildman–Crippen LogP) is 4.53. The molecule has 124 valence electrons. The molecule has 2 aromatic carbocycles. The van der Waals surface area contributed by atoms with E-state index in [1.807, 2.05) is 49.8 Å². The van der Waals surface area contributed by atoms with Crippen LogP contribution in [0.2, 0.25) is 0 Å². The van der Waals surface area contributed by atoms with Gasteiger partial charge >= 0.3 is 0 Å². The molecule has 1 aromatic heterocycles. The molecule has 0 amide bonds. The van der Waals surface area contributed by atoms with Gasteiger partial charge in [-0.15, -0.1) is 0 Å². The molecular weight excluding hydrogens is 313 g/mol. The van der Waals surface area contributed by atoms with Crippen molar-refractivity contribution in [3.05, 3.63) is 95.6 Å². The van der Waals surface area contributed by atoms with Crippen molar-refractivity contribution in [2.75, 3.05) is 7.05 Å². The van der Waals surface area contributed by atoms with Crippen LogP contribution in [-0.2, 0) is 6.42 Å². The second-order valence-electron chi connectivity index (χ2n) is 6.18. The zero-order chi connectivity index (χ0) is 17.2. The lowest BCUT2D eigenvalue weighted by molar-refractivity contribution is 0.376. The van der Waals surface area contributed by atoms with Crippen molar-refractivity contribution in [1.82, 2.24) is 9.88 Å². The van der Waals surface area contributed by atoms with Crippen molar-refractivity contribution >= 4 is 11.5 Å². The predicted molar refractivity (Wildman–Crippen MR) is 97.5 cm³/mol. The Morgan fingerprint density at radius 1 is 0.960 bits per heavy atom. The van der Waals surface area contributed by atoms with Gasteiger partial charge in [0.2, 0.25) is 0 Å². The minimum Gasteiger partial charge on any atom is -0.352 e. The maximum Gasteiger partial charge on any atom is 0.136 e. The molecule has 2 heterocycles. The van der Waals surface area contributed by atoms with E-state index < -0.39 is 0 Å². The van der Waals surface area contributed by atoms with Crippen molar-refractivity contribution in [3.63, 3.8) is 0 Å². The summed E-state index contributed by atoms with van der Waals surface area (Å²) in [5, 5.41) is 0. The van der Waals surface area contributed by atoms with Gasteiger partial charge in [0.25, 0.3) is 0 Å². The largest absolute Gasteiger partial charge is 0.352 e. The van der Waals surface area contributed by atoms with E-state index in [4.69, 9.17) is 4.99 Å². The van der Waals surface area contributed by atoms with Crippen molar-refractivity contribution in [1.29, 1.82) is 0 Å². The van der Waals surface area contributed by atoms with Crippen LogP contribution in [0.15, 0.2) is 78.0 Å². The van der Waals surface area contributed by atoms with Crippen LogP contribution in [0.4, 0.5) is 10.1 Å². The van der Waals surface area contributed by atoms with Crippen molar-refractivity contribution in [2.45, 2.75) is 12.5 Å². The lowest BCUT2D eigenvalue weighted by atomic mass is 9.98. The smallest absolute Gasteiger partial charge is 0.136 e. The highest BCUT2D eigenvalue weighted by Gasteiger charge is 2.26. The quantitative estimate of drug-likeness (QED) is 0.690. The molecular formula is C21H18FN3. The summed E-state index contributed by atoms with van der Waals surface area (Å²) in [5.41, 5.74) is 4.25. The molecule has 0 saturated heterocycles. The molecule has 0 bridgehead atoms. The summed E-state index contributed by atoms with van der Waals surface area (Å²) in [6.45, 7) is 0. The second kappa shape index (κ2) is 6.48. The van der Waals surface area contributed by atoms with Gasteiger partial charge in [-0.05, 0) is 60.0 Å². The third-order valence-corrected chi connectivity index (χ3v) is 4.63. The number of halogens is 1. The summed E-state index contributed by atoms with van der Waals surface area (Å²) in [5.74, 6) is 0.596. The number of rotatable bonds is 2. The highest BCUT2D eigenvalue weighted by molar-refractivity contribution is 6.01. The van der Waals surface area contributed by atoms with Crippen LogP contribution in [0.1, 0.15) is 22.7 Å². The first-order chi connectivity index (χ1) is 12.2. The molecule has 0 aliphatic carbocycles. The number of hydrogen-bond donors (Lipinski definition) is 0. The monoisotopic (exact) mass is 331 g/mol. The molecule has 1 aliphatic rings. The van der Waals surface area contributed by atoms with E-state index in [2.05, 4.69) is 16.0 Å². The topological polar surface area (TPSA) is 28.5 Å². The number of fused-ring (bicyclic) bond motifs is 1. The van der Waals surface area contributed by atoms with Crippen LogP contribution in [0.5, 0.6) is 0 Å². The molecule has 0 N–H and O–H groups in total. The van der Waals surface area contributed by atoms with Crippen molar-refractivity contribution in [3.8, 4) is 0 Å². The third-order valence-electron chi connectivity index (χ3n) is 4.63. The molecule has 3 aromatic rings. The normalized spacial score (nSPS) is 16.8. The number of amidine groups is 1. The molecule has 1 aliphatic heterocycles. The van der Waals surface area contributed by atoms with E-state index in [1.54, 1.807) is 12.1 Å². The summed E-state index contributed by atoms with van der Waals surface area (Å²) in [6.07, 6.45) is 4.48. The zero-order valence-corrected chi connectivity index (χ0v) is 13.9. The van der Waals surface area contributed by atoms with Gasteiger partial charge in [0.15, 0.2) is 0 Å². The van der Waals surface area contributed by atoms with Crippen LogP contribution in [0.3, 0.4) is 0 Å². The Kier molecular flexibility index (Phi) is 4.02. The van der Waals surface area contributed by atoms with Gasteiger partial charge in [-0.1, -0.05) is 18.2 Å². The molecule has 3 nitrogen and oxygen atoms in total. The fourth-order valence-corrected chi connectivity index (χ4v) is 3.27. The number of pyridine rings is 1. The minimum absolute atomic E-state index is 0.135. The van der Waals surface area contributed by atoms with Gasteiger partial charge in [0.1, 0.15) is 11.7 Å². The Balaban J connectivity index is 1.86. The summed E-state index contributed by atoms with van der Waals surface area (Å²) in [7, 11) is 2.04. The first kappa shape index (κ1) is 15.5. The maximum absolute atomic E-state index is 13.4. The van der Waals surface area contributed by atoms with E-state index in [-0.39, 0.29) is 11.9 Å². The van der Waals surface area contributed by atoms with Crippen LogP contribution in [0, 0.1) is 5.82 Å².